The summed E-state index contributed by atoms with van der Waals surface area (Å²) in [6, 6.07) is 9.70. The summed E-state index contributed by atoms with van der Waals surface area (Å²) in [5, 5.41) is 3.30. The Morgan fingerprint density at radius 3 is 2.40 bits per heavy atom. The Kier molecular flexibility index (Phi) is 7.26. The number of rotatable bonds is 9. The normalized spacial score (nSPS) is 13.8. The monoisotopic (exact) mass is 279 g/mol. The molecule has 4 heteroatoms. The van der Waals surface area contributed by atoms with E-state index in [9.17, 15) is 4.79 Å². The third kappa shape index (κ3) is 4.05. The fraction of sp³-hybridized carbons (Fsp3) is 0.562. The molecule has 0 aromatic heterocycles. The zero-order chi connectivity index (χ0) is 14.8. The minimum absolute atomic E-state index is 0.243. The number of ether oxygens (including phenoxy) is 2. The van der Waals surface area contributed by atoms with E-state index >= 15 is 0 Å². The summed E-state index contributed by atoms with van der Waals surface area (Å²) in [6.07, 6.45) is 0.553. The van der Waals surface area contributed by atoms with Crippen LogP contribution in [0.25, 0.3) is 0 Å². The lowest BCUT2D eigenvalue weighted by atomic mass is 9.86. The van der Waals surface area contributed by atoms with Crippen LogP contribution in [0.1, 0.15) is 32.8 Å². The Balaban J connectivity index is 3.08. The maximum Gasteiger partial charge on any atom is 0.331 e. The van der Waals surface area contributed by atoms with Crippen LogP contribution in [0.15, 0.2) is 30.3 Å². The highest BCUT2D eigenvalue weighted by atomic mass is 16.5. The van der Waals surface area contributed by atoms with Crippen LogP contribution in [0, 0.1) is 0 Å². The Bertz CT molecular complexity index is 394. The van der Waals surface area contributed by atoms with Gasteiger partial charge < -0.3 is 9.47 Å². The highest BCUT2D eigenvalue weighted by Crippen LogP contribution is 2.27. The molecule has 20 heavy (non-hydrogen) atoms. The van der Waals surface area contributed by atoms with Crippen molar-refractivity contribution in [2.45, 2.75) is 32.7 Å². The van der Waals surface area contributed by atoms with Crippen molar-refractivity contribution >= 4 is 5.97 Å². The Labute approximate surface area is 121 Å². The van der Waals surface area contributed by atoms with Crippen molar-refractivity contribution in [1.29, 1.82) is 0 Å². The zero-order valence-corrected chi connectivity index (χ0v) is 12.6. The van der Waals surface area contributed by atoms with Crippen molar-refractivity contribution in [3.63, 3.8) is 0 Å². The van der Waals surface area contributed by atoms with E-state index < -0.39 is 5.54 Å². The summed E-state index contributed by atoms with van der Waals surface area (Å²) in [5.74, 6) is -0.243. The van der Waals surface area contributed by atoms with Crippen molar-refractivity contribution in [1.82, 2.24) is 5.32 Å². The number of likely N-dealkylation sites (N-methyl/N-ethyl adjacent to an activating group) is 1. The van der Waals surface area contributed by atoms with Gasteiger partial charge in [0.15, 0.2) is 0 Å². The van der Waals surface area contributed by atoms with Gasteiger partial charge in [-0.25, -0.2) is 4.79 Å². The predicted octanol–water partition coefficient (Wildman–Crippen LogP) is 2.48. The summed E-state index contributed by atoms with van der Waals surface area (Å²) in [7, 11) is 0. The summed E-state index contributed by atoms with van der Waals surface area (Å²) < 4.78 is 10.7. The Morgan fingerprint density at radius 1 is 1.15 bits per heavy atom. The highest BCUT2D eigenvalue weighted by Gasteiger charge is 2.40. The summed E-state index contributed by atoms with van der Waals surface area (Å²) in [6.45, 7) is 7.95. The lowest BCUT2D eigenvalue weighted by molar-refractivity contribution is -0.152. The molecule has 1 aromatic carbocycles. The molecule has 0 amide bonds. The van der Waals surface area contributed by atoms with E-state index in [1.807, 2.05) is 51.1 Å². The smallest absolute Gasteiger partial charge is 0.331 e. The van der Waals surface area contributed by atoms with Gasteiger partial charge in [0.05, 0.1) is 6.61 Å². The molecule has 1 unspecified atom stereocenters. The first-order valence-corrected chi connectivity index (χ1v) is 7.26. The van der Waals surface area contributed by atoms with Gasteiger partial charge in [0.1, 0.15) is 5.54 Å². The SMILES string of the molecule is CCNC(CCOCC)(C(=O)OCC)c1ccccc1. The van der Waals surface area contributed by atoms with E-state index in [4.69, 9.17) is 9.47 Å². The number of carbonyl (C=O) groups excluding carboxylic acids is 1. The van der Waals surface area contributed by atoms with Crippen LogP contribution >= 0.6 is 0 Å². The average molecular weight is 279 g/mol. The largest absolute Gasteiger partial charge is 0.464 e. The van der Waals surface area contributed by atoms with E-state index in [2.05, 4.69) is 5.32 Å². The van der Waals surface area contributed by atoms with Gasteiger partial charge >= 0.3 is 5.97 Å². The number of hydrogen-bond acceptors (Lipinski definition) is 4. The number of carbonyl (C=O) groups is 1. The molecule has 0 saturated heterocycles. The van der Waals surface area contributed by atoms with E-state index in [0.29, 0.717) is 32.8 Å². The van der Waals surface area contributed by atoms with Gasteiger partial charge in [0.2, 0.25) is 0 Å². The molecule has 1 rings (SSSR count). The molecule has 0 bridgehead atoms. The lowest BCUT2D eigenvalue weighted by Crippen LogP contribution is -2.51. The van der Waals surface area contributed by atoms with E-state index in [1.165, 1.54) is 0 Å². The fourth-order valence-corrected chi connectivity index (χ4v) is 2.28. The van der Waals surface area contributed by atoms with Gasteiger partial charge in [-0.15, -0.1) is 0 Å². The van der Waals surface area contributed by atoms with Crippen molar-refractivity contribution in [2.24, 2.45) is 0 Å². The summed E-state index contributed by atoms with van der Waals surface area (Å²) in [5.41, 5.74) is 0.0845. The van der Waals surface area contributed by atoms with Gasteiger partial charge in [-0.1, -0.05) is 37.3 Å². The minimum atomic E-state index is -0.832. The second-order valence-corrected chi connectivity index (χ2v) is 4.47. The van der Waals surface area contributed by atoms with Crippen LogP contribution in [-0.2, 0) is 19.8 Å². The second kappa shape index (κ2) is 8.72. The zero-order valence-electron chi connectivity index (χ0n) is 12.6. The molecular formula is C16H25NO3. The maximum absolute atomic E-state index is 12.5. The van der Waals surface area contributed by atoms with Crippen LogP contribution in [-0.4, -0.2) is 32.3 Å². The molecule has 0 radical (unpaired) electrons. The van der Waals surface area contributed by atoms with Gasteiger partial charge in [-0.05, 0) is 26.0 Å². The predicted molar refractivity (Wildman–Crippen MR) is 79.5 cm³/mol. The van der Waals surface area contributed by atoms with Crippen LogP contribution < -0.4 is 5.32 Å². The molecular weight excluding hydrogens is 254 g/mol. The van der Waals surface area contributed by atoms with Crippen molar-refractivity contribution < 1.29 is 14.3 Å². The van der Waals surface area contributed by atoms with Crippen LogP contribution in [0.3, 0.4) is 0 Å². The van der Waals surface area contributed by atoms with Gasteiger partial charge in [-0.2, -0.15) is 0 Å². The third-order valence-corrected chi connectivity index (χ3v) is 3.19. The molecule has 0 fully saturated rings. The molecule has 0 aliphatic rings. The summed E-state index contributed by atoms with van der Waals surface area (Å²) >= 11 is 0. The average Bonchev–Trinajstić information content (AvgIpc) is 2.47. The summed E-state index contributed by atoms with van der Waals surface area (Å²) in [4.78, 5) is 12.5. The Hall–Kier alpha value is -1.39. The van der Waals surface area contributed by atoms with Crippen LogP contribution in [0.5, 0.6) is 0 Å². The molecule has 1 aromatic rings. The standard InChI is InChI=1S/C16H25NO3/c1-4-17-16(12-13-19-5-2,15(18)20-6-3)14-10-8-7-9-11-14/h7-11,17H,4-6,12-13H2,1-3H3. The van der Waals surface area contributed by atoms with Crippen molar-refractivity contribution in [2.75, 3.05) is 26.4 Å². The molecule has 1 atom stereocenters. The molecule has 0 aliphatic carbocycles. The third-order valence-electron chi connectivity index (χ3n) is 3.19. The molecule has 1 N–H and O–H groups in total. The molecule has 0 saturated carbocycles. The molecule has 112 valence electrons. The topological polar surface area (TPSA) is 47.6 Å². The first-order chi connectivity index (χ1) is 9.71. The fourth-order valence-electron chi connectivity index (χ4n) is 2.28. The molecule has 0 heterocycles. The Morgan fingerprint density at radius 2 is 1.85 bits per heavy atom. The minimum Gasteiger partial charge on any atom is -0.464 e. The van der Waals surface area contributed by atoms with Gasteiger partial charge in [0, 0.05) is 19.6 Å². The first-order valence-electron chi connectivity index (χ1n) is 7.26. The molecule has 0 spiro atoms. The molecule has 4 nitrogen and oxygen atoms in total. The molecule has 0 aliphatic heterocycles. The number of benzene rings is 1. The van der Waals surface area contributed by atoms with Gasteiger partial charge in [0.25, 0.3) is 0 Å². The number of esters is 1. The van der Waals surface area contributed by atoms with E-state index in [1.54, 1.807) is 0 Å². The van der Waals surface area contributed by atoms with E-state index in [0.717, 1.165) is 5.56 Å². The highest BCUT2D eigenvalue weighted by molar-refractivity contribution is 5.82. The van der Waals surface area contributed by atoms with E-state index in [-0.39, 0.29) is 5.97 Å². The van der Waals surface area contributed by atoms with Crippen molar-refractivity contribution in [3.8, 4) is 0 Å². The maximum atomic E-state index is 12.5. The first kappa shape index (κ1) is 16.7. The lowest BCUT2D eigenvalue weighted by Gasteiger charge is -2.32. The number of nitrogens with one attached hydrogen (secondary N) is 1. The van der Waals surface area contributed by atoms with Crippen molar-refractivity contribution in [3.05, 3.63) is 35.9 Å². The number of hydrogen-bond donors (Lipinski definition) is 1. The van der Waals surface area contributed by atoms with Crippen LogP contribution in [0.2, 0.25) is 0 Å². The van der Waals surface area contributed by atoms with Gasteiger partial charge in [-0.3, -0.25) is 5.32 Å². The quantitative estimate of drug-likeness (QED) is 0.557. The second-order valence-electron chi connectivity index (χ2n) is 4.47. The van der Waals surface area contributed by atoms with Crippen LogP contribution in [0.4, 0.5) is 0 Å².